The van der Waals surface area contributed by atoms with E-state index < -0.39 is 38.4 Å². The molecule has 0 saturated carbocycles. The third-order valence-corrected chi connectivity index (χ3v) is 3.29. The maximum atomic E-state index is 12.7. The third-order valence-electron chi connectivity index (χ3n) is 2.00. The minimum atomic E-state index is -5.00. The first kappa shape index (κ1) is 15.9. The van der Waals surface area contributed by atoms with Crippen LogP contribution in [-0.4, -0.2) is 0 Å². The van der Waals surface area contributed by atoms with Crippen molar-refractivity contribution in [1.29, 1.82) is 0 Å². The summed E-state index contributed by atoms with van der Waals surface area (Å²) in [6, 6.07) is 1.10. The van der Waals surface area contributed by atoms with Gasteiger partial charge in [0.1, 0.15) is 4.84 Å². The summed E-state index contributed by atoms with van der Waals surface area (Å²) < 4.78 is 74.5. The van der Waals surface area contributed by atoms with Crippen LogP contribution < -0.4 is 0 Å². The summed E-state index contributed by atoms with van der Waals surface area (Å²) in [6.07, 6.45) is -9.91. The van der Waals surface area contributed by atoms with E-state index >= 15 is 0 Å². The van der Waals surface area contributed by atoms with Crippen LogP contribution in [0.1, 0.15) is 21.5 Å². The van der Waals surface area contributed by atoms with E-state index in [1.807, 2.05) is 0 Å². The second kappa shape index (κ2) is 5.09. The molecule has 0 amide bonds. The predicted molar refractivity (Wildman–Crippen MR) is 58.6 cm³/mol. The van der Waals surface area contributed by atoms with Crippen molar-refractivity contribution in [3.63, 3.8) is 0 Å². The lowest BCUT2D eigenvalue weighted by molar-refractivity contribution is -0.144. The molecule has 0 N–H and O–H groups in total. The summed E-state index contributed by atoms with van der Waals surface area (Å²) in [6.45, 7) is 0. The highest BCUT2D eigenvalue weighted by molar-refractivity contribution is 9.10. The van der Waals surface area contributed by atoms with Crippen LogP contribution in [0.4, 0.5) is 26.3 Å². The maximum absolute atomic E-state index is 12.7. The molecule has 0 radical (unpaired) electrons. The van der Waals surface area contributed by atoms with Crippen LogP contribution in [0, 0.1) is 0 Å². The van der Waals surface area contributed by atoms with E-state index in [1.165, 1.54) is 0 Å². The van der Waals surface area contributed by atoms with Crippen LogP contribution in [0.2, 0.25) is 0 Å². The Labute approximate surface area is 116 Å². The molecule has 0 aliphatic carbocycles. The normalized spacial score (nSPS) is 13.2. The van der Waals surface area contributed by atoms with Crippen LogP contribution in [0.5, 0.6) is 0 Å². The van der Waals surface area contributed by atoms with Gasteiger partial charge in [0.05, 0.1) is 11.1 Å². The standard InChI is InChI=1S/C9H3BrCl2F6/c10-6-4(8(13,14)15)2-1-3(7(11)12)5(6)9(16,17)18/h1-2,7H. The number of alkyl halides is 8. The summed E-state index contributed by atoms with van der Waals surface area (Å²) in [7, 11) is 0. The topological polar surface area (TPSA) is 0 Å². The summed E-state index contributed by atoms with van der Waals surface area (Å²) in [5, 5.41) is 0. The lowest BCUT2D eigenvalue weighted by atomic mass is 10.0. The fourth-order valence-electron chi connectivity index (χ4n) is 1.28. The minimum absolute atomic E-state index is 0.492. The first-order valence-corrected chi connectivity index (χ1v) is 5.87. The predicted octanol–water partition coefficient (Wildman–Crippen LogP) is 5.96. The van der Waals surface area contributed by atoms with Gasteiger partial charge in [0.25, 0.3) is 0 Å². The second-order valence-corrected chi connectivity index (χ2v) is 5.08. The molecule has 0 nitrogen and oxygen atoms in total. The van der Waals surface area contributed by atoms with Gasteiger partial charge in [-0.2, -0.15) is 26.3 Å². The number of hydrogen-bond acceptors (Lipinski definition) is 0. The molecule has 0 spiro atoms. The van der Waals surface area contributed by atoms with Gasteiger partial charge < -0.3 is 0 Å². The van der Waals surface area contributed by atoms with Crippen molar-refractivity contribution in [3.8, 4) is 0 Å². The van der Waals surface area contributed by atoms with E-state index in [0.29, 0.717) is 12.1 Å². The van der Waals surface area contributed by atoms with Gasteiger partial charge in [-0.15, -0.1) is 23.2 Å². The number of halogens is 9. The maximum Gasteiger partial charge on any atom is 0.417 e. The number of hydrogen-bond donors (Lipinski definition) is 0. The van der Waals surface area contributed by atoms with E-state index in [9.17, 15) is 26.3 Å². The Hall–Kier alpha value is -0.140. The van der Waals surface area contributed by atoms with E-state index in [-0.39, 0.29) is 0 Å². The summed E-state index contributed by atoms with van der Waals surface area (Å²) in [5.74, 6) is 0. The van der Waals surface area contributed by atoms with Gasteiger partial charge in [0.15, 0.2) is 0 Å². The van der Waals surface area contributed by atoms with E-state index in [1.54, 1.807) is 0 Å². The highest BCUT2D eigenvalue weighted by Gasteiger charge is 2.42. The first-order chi connectivity index (χ1) is 7.96. The molecule has 0 bridgehead atoms. The number of benzene rings is 1. The lowest BCUT2D eigenvalue weighted by Gasteiger charge is -2.19. The molecule has 9 heteroatoms. The van der Waals surface area contributed by atoms with Gasteiger partial charge in [-0.1, -0.05) is 6.07 Å². The van der Waals surface area contributed by atoms with Gasteiger partial charge in [0, 0.05) is 4.47 Å². The molecule has 18 heavy (non-hydrogen) atoms. The SMILES string of the molecule is FC(F)(F)c1ccc(C(Cl)Cl)c(C(F)(F)F)c1Br. The largest absolute Gasteiger partial charge is 0.417 e. The summed E-state index contributed by atoms with van der Waals surface area (Å²) in [4.78, 5) is -1.58. The molecule has 0 saturated heterocycles. The fraction of sp³-hybridized carbons (Fsp3) is 0.333. The second-order valence-electron chi connectivity index (χ2n) is 3.19. The third kappa shape index (κ3) is 3.24. The average molecular weight is 376 g/mol. The van der Waals surface area contributed by atoms with Crippen molar-refractivity contribution in [1.82, 2.24) is 0 Å². The van der Waals surface area contributed by atoms with Crippen LogP contribution >= 0.6 is 39.1 Å². The minimum Gasteiger partial charge on any atom is -0.166 e. The van der Waals surface area contributed by atoms with E-state index in [0.717, 1.165) is 0 Å². The first-order valence-electron chi connectivity index (χ1n) is 4.21. The van der Waals surface area contributed by atoms with Crippen molar-refractivity contribution in [2.75, 3.05) is 0 Å². The summed E-state index contributed by atoms with van der Waals surface area (Å²) in [5.41, 5.74) is -3.59. The Balaban J connectivity index is 3.61. The molecule has 0 unspecified atom stereocenters. The zero-order valence-electron chi connectivity index (χ0n) is 8.13. The van der Waals surface area contributed by atoms with Gasteiger partial charge >= 0.3 is 12.4 Å². The molecule has 0 heterocycles. The highest BCUT2D eigenvalue weighted by atomic mass is 79.9. The molecule has 0 atom stereocenters. The lowest BCUT2D eigenvalue weighted by Crippen LogP contribution is -2.15. The molecule has 1 rings (SSSR count). The Morgan fingerprint density at radius 2 is 1.44 bits per heavy atom. The zero-order valence-corrected chi connectivity index (χ0v) is 11.2. The Bertz CT molecular complexity index is 452. The van der Waals surface area contributed by atoms with Crippen molar-refractivity contribution in [2.24, 2.45) is 0 Å². The van der Waals surface area contributed by atoms with E-state index in [4.69, 9.17) is 23.2 Å². The molecular weight excluding hydrogens is 373 g/mol. The van der Waals surface area contributed by atoms with Crippen molar-refractivity contribution in [2.45, 2.75) is 17.2 Å². The Morgan fingerprint density at radius 3 is 1.78 bits per heavy atom. The highest BCUT2D eigenvalue weighted by Crippen LogP contribution is 2.46. The van der Waals surface area contributed by atoms with Gasteiger partial charge in [0.2, 0.25) is 0 Å². The van der Waals surface area contributed by atoms with Crippen LogP contribution in [0.3, 0.4) is 0 Å². The Kier molecular flexibility index (Phi) is 4.50. The van der Waals surface area contributed by atoms with Crippen LogP contribution in [-0.2, 0) is 12.4 Å². The molecule has 0 aliphatic heterocycles. The molecular formula is C9H3BrCl2F6. The zero-order chi connectivity index (χ0) is 14.3. The smallest absolute Gasteiger partial charge is 0.166 e. The van der Waals surface area contributed by atoms with Crippen molar-refractivity contribution >= 4 is 39.1 Å². The van der Waals surface area contributed by atoms with Crippen molar-refractivity contribution in [3.05, 3.63) is 33.3 Å². The fourth-order valence-corrected chi connectivity index (χ4v) is 2.45. The molecule has 1 aromatic rings. The molecule has 0 aliphatic rings. The molecule has 1 aromatic carbocycles. The number of rotatable bonds is 1. The van der Waals surface area contributed by atoms with Crippen molar-refractivity contribution < 1.29 is 26.3 Å². The summed E-state index contributed by atoms with van der Waals surface area (Å²) >= 11 is 12.9. The van der Waals surface area contributed by atoms with Gasteiger partial charge in [-0.25, -0.2) is 0 Å². The van der Waals surface area contributed by atoms with Crippen LogP contribution in [0.15, 0.2) is 16.6 Å². The van der Waals surface area contributed by atoms with E-state index in [2.05, 4.69) is 15.9 Å². The Morgan fingerprint density at radius 1 is 0.944 bits per heavy atom. The molecule has 0 fully saturated rings. The quantitative estimate of drug-likeness (QED) is 0.419. The monoisotopic (exact) mass is 374 g/mol. The molecule has 0 aromatic heterocycles. The average Bonchev–Trinajstić information content (AvgIpc) is 2.12. The van der Waals surface area contributed by atoms with Gasteiger partial charge in [-0.05, 0) is 27.6 Å². The molecule has 102 valence electrons. The van der Waals surface area contributed by atoms with Crippen LogP contribution in [0.25, 0.3) is 0 Å². The van der Waals surface area contributed by atoms with Gasteiger partial charge in [-0.3, -0.25) is 0 Å².